The topological polar surface area (TPSA) is 52.3 Å². The van der Waals surface area contributed by atoms with Crippen molar-refractivity contribution in [3.8, 4) is 0 Å². The van der Waals surface area contributed by atoms with Crippen LogP contribution in [0, 0.1) is 5.82 Å². The molecular formula is C14H20FNO2S. The Labute approximate surface area is 117 Å². The van der Waals surface area contributed by atoms with Gasteiger partial charge < -0.3 is 10.5 Å². The number of esters is 1. The smallest absolute Gasteiger partial charge is 0.316 e. The largest absolute Gasteiger partial charge is 0.459 e. The predicted octanol–water partition coefficient (Wildman–Crippen LogP) is 2.90. The molecule has 1 rings (SSSR count). The fraction of sp³-hybridized carbons (Fsp3) is 0.500. The molecule has 1 atom stereocenters. The third kappa shape index (κ3) is 6.59. The summed E-state index contributed by atoms with van der Waals surface area (Å²) < 4.78 is 17.9. The minimum Gasteiger partial charge on any atom is -0.459 e. The maximum atomic E-state index is 12.8. The van der Waals surface area contributed by atoms with Crippen molar-refractivity contribution in [1.29, 1.82) is 0 Å². The summed E-state index contributed by atoms with van der Waals surface area (Å²) in [6, 6.07) is 5.87. The van der Waals surface area contributed by atoms with Crippen LogP contribution in [0.5, 0.6) is 0 Å². The number of halogens is 1. The van der Waals surface area contributed by atoms with Crippen LogP contribution in [0.3, 0.4) is 0 Å². The summed E-state index contributed by atoms with van der Waals surface area (Å²) in [6.45, 7) is 5.50. The van der Waals surface area contributed by atoms with Crippen LogP contribution in [-0.4, -0.2) is 23.1 Å². The average molecular weight is 285 g/mol. The predicted molar refractivity (Wildman–Crippen MR) is 76.5 cm³/mol. The molecule has 0 saturated carbocycles. The first-order valence-electron chi connectivity index (χ1n) is 6.08. The summed E-state index contributed by atoms with van der Waals surface area (Å²) >= 11 is 1.42. The number of nitrogens with two attached hydrogens (primary N) is 1. The maximum Gasteiger partial charge on any atom is 0.316 e. The molecule has 3 nitrogen and oxygen atoms in total. The van der Waals surface area contributed by atoms with Crippen LogP contribution in [0.4, 0.5) is 4.39 Å². The molecule has 106 valence electrons. The molecule has 5 heteroatoms. The van der Waals surface area contributed by atoms with Gasteiger partial charge in [0, 0.05) is 11.8 Å². The highest BCUT2D eigenvalue weighted by molar-refractivity contribution is 7.99. The van der Waals surface area contributed by atoms with E-state index in [0.29, 0.717) is 5.75 Å². The molecule has 0 fully saturated rings. The lowest BCUT2D eigenvalue weighted by molar-refractivity contribution is -0.151. The monoisotopic (exact) mass is 285 g/mol. The number of rotatable bonds is 5. The Hall–Kier alpha value is -1.07. The number of hydrogen-bond donors (Lipinski definition) is 1. The Morgan fingerprint density at radius 1 is 1.37 bits per heavy atom. The lowest BCUT2D eigenvalue weighted by Gasteiger charge is -2.19. The van der Waals surface area contributed by atoms with E-state index < -0.39 is 5.60 Å². The molecule has 0 aliphatic carbocycles. The molecule has 1 aromatic rings. The van der Waals surface area contributed by atoms with Gasteiger partial charge in [0.1, 0.15) is 11.4 Å². The van der Waals surface area contributed by atoms with Gasteiger partial charge in [-0.15, -0.1) is 11.8 Å². The highest BCUT2D eigenvalue weighted by Gasteiger charge is 2.16. The van der Waals surface area contributed by atoms with E-state index in [1.807, 2.05) is 20.8 Å². The number of thioether (sulfide) groups is 1. The van der Waals surface area contributed by atoms with E-state index in [1.165, 1.54) is 23.9 Å². The van der Waals surface area contributed by atoms with Crippen molar-refractivity contribution >= 4 is 17.7 Å². The highest BCUT2D eigenvalue weighted by Crippen LogP contribution is 2.17. The summed E-state index contributed by atoms with van der Waals surface area (Å²) in [5, 5.41) is 0. The third-order valence-corrected chi connectivity index (χ3v) is 3.27. The number of carbonyl (C=O) groups is 1. The summed E-state index contributed by atoms with van der Waals surface area (Å²) in [7, 11) is 0. The Kier molecular flexibility index (Phi) is 5.82. The SMILES string of the molecule is CC(C)(C)OC(=O)CSCC(N)c1ccc(F)cc1. The molecule has 2 N–H and O–H groups in total. The molecule has 0 aromatic heterocycles. The first kappa shape index (κ1) is 16.0. The lowest BCUT2D eigenvalue weighted by atomic mass is 10.1. The summed E-state index contributed by atoms with van der Waals surface area (Å²) in [5.74, 6) is 0.331. The van der Waals surface area contributed by atoms with Crippen LogP contribution in [-0.2, 0) is 9.53 Å². The molecule has 0 aliphatic heterocycles. The van der Waals surface area contributed by atoms with Crippen molar-refractivity contribution < 1.29 is 13.9 Å². The van der Waals surface area contributed by atoms with Crippen LogP contribution in [0.15, 0.2) is 24.3 Å². The average Bonchev–Trinajstić information content (AvgIpc) is 2.27. The van der Waals surface area contributed by atoms with Gasteiger partial charge in [-0.2, -0.15) is 0 Å². The summed E-state index contributed by atoms with van der Waals surface area (Å²) in [5.41, 5.74) is 6.36. The van der Waals surface area contributed by atoms with E-state index in [4.69, 9.17) is 10.5 Å². The molecule has 0 heterocycles. The minimum absolute atomic E-state index is 0.215. The van der Waals surface area contributed by atoms with Gasteiger partial charge in [0.2, 0.25) is 0 Å². The van der Waals surface area contributed by atoms with Gasteiger partial charge in [-0.25, -0.2) is 4.39 Å². The van der Waals surface area contributed by atoms with E-state index in [1.54, 1.807) is 12.1 Å². The second kappa shape index (κ2) is 6.91. The van der Waals surface area contributed by atoms with Crippen molar-refractivity contribution in [3.05, 3.63) is 35.6 Å². The number of hydrogen-bond acceptors (Lipinski definition) is 4. The summed E-state index contributed by atoms with van der Waals surface area (Å²) in [6.07, 6.45) is 0. The van der Waals surface area contributed by atoms with Gasteiger partial charge in [0.15, 0.2) is 0 Å². The zero-order valence-corrected chi connectivity index (χ0v) is 12.3. The Morgan fingerprint density at radius 2 is 1.95 bits per heavy atom. The van der Waals surface area contributed by atoms with Gasteiger partial charge in [-0.1, -0.05) is 12.1 Å². The van der Waals surface area contributed by atoms with E-state index in [9.17, 15) is 9.18 Å². The molecule has 0 amide bonds. The van der Waals surface area contributed by atoms with Crippen LogP contribution in [0.1, 0.15) is 32.4 Å². The molecule has 0 bridgehead atoms. The normalized spacial score (nSPS) is 13.1. The molecule has 0 saturated heterocycles. The number of carbonyl (C=O) groups excluding carboxylic acids is 1. The first-order valence-corrected chi connectivity index (χ1v) is 7.24. The molecule has 1 unspecified atom stereocenters. The standard InChI is InChI=1S/C14H20FNO2S/c1-14(2,3)18-13(17)9-19-8-12(16)10-4-6-11(15)7-5-10/h4-7,12H,8-9,16H2,1-3H3. The van der Waals surface area contributed by atoms with E-state index >= 15 is 0 Å². The van der Waals surface area contributed by atoms with E-state index in [2.05, 4.69) is 0 Å². The van der Waals surface area contributed by atoms with Crippen LogP contribution in [0.2, 0.25) is 0 Å². The van der Waals surface area contributed by atoms with Crippen molar-refractivity contribution in [2.75, 3.05) is 11.5 Å². The maximum absolute atomic E-state index is 12.8. The number of benzene rings is 1. The second-order valence-electron chi connectivity index (χ2n) is 5.26. The van der Waals surface area contributed by atoms with Crippen molar-refractivity contribution in [3.63, 3.8) is 0 Å². The molecule has 1 aromatic carbocycles. The van der Waals surface area contributed by atoms with Crippen molar-refractivity contribution in [1.82, 2.24) is 0 Å². The van der Waals surface area contributed by atoms with Gasteiger partial charge in [-0.3, -0.25) is 4.79 Å². The van der Waals surface area contributed by atoms with Gasteiger partial charge in [0.25, 0.3) is 0 Å². The van der Waals surface area contributed by atoms with Gasteiger partial charge >= 0.3 is 5.97 Å². The highest BCUT2D eigenvalue weighted by atomic mass is 32.2. The zero-order valence-electron chi connectivity index (χ0n) is 11.5. The van der Waals surface area contributed by atoms with E-state index in [-0.39, 0.29) is 23.6 Å². The minimum atomic E-state index is -0.462. The zero-order chi connectivity index (χ0) is 14.5. The first-order chi connectivity index (χ1) is 8.78. The Bertz CT molecular complexity index is 414. The van der Waals surface area contributed by atoms with E-state index in [0.717, 1.165) is 5.56 Å². The van der Waals surface area contributed by atoms with Gasteiger partial charge in [0.05, 0.1) is 5.75 Å². The number of ether oxygens (including phenoxy) is 1. The molecule has 19 heavy (non-hydrogen) atoms. The Balaban J connectivity index is 2.33. The molecule has 0 spiro atoms. The van der Waals surface area contributed by atoms with Crippen LogP contribution < -0.4 is 5.73 Å². The second-order valence-corrected chi connectivity index (χ2v) is 6.29. The van der Waals surface area contributed by atoms with Crippen molar-refractivity contribution in [2.24, 2.45) is 5.73 Å². The fourth-order valence-electron chi connectivity index (χ4n) is 1.45. The Morgan fingerprint density at radius 3 is 2.47 bits per heavy atom. The lowest BCUT2D eigenvalue weighted by Crippen LogP contribution is -2.25. The summed E-state index contributed by atoms with van der Waals surface area (Å²) in [4.78, 5) is 11.5. The van der Waals surface area contributed by atoms with Gasteiger partial charge in [-0.05, 0) is 38.5 Å². The molecule has 0 aliphatic rings. The van der Waals surface area contributed by atoms with Crippen molar-refractivity contribution in [2.45, 2.75) is 32.4 Å². The molecular weight excluding hydrogens is 265 g/mol. The third-order valence-electron chi connectivity index (χ3n) is 2.24. The van der Waals surface area contributed by atoms with Crippen LogP contribution in [0.25, 0.3) is 0 Å². The van der Waals surface area contributed by atoms with Crippen LogP contribution >= 0.6 is 11.8 Å². The fourth-order valence-corrected chi connectivity index (χ4v) is 2.24. The quantitative estimate of drug-likeness (QED) is 0.845. The molecule has 0 radical (unpaired) electrons.